The van der Waals surface area contributed by atoms with Gasteiger partial charge in [0.1, 0.15) is 5.75 Å². The molecule has 0 fully saturated rings. The average Bonchev–Trinajstić information content (AvgIpc) is 2.28. The molecule has 0 aliphatic carbocycles. The third kappa shape index (κ3) is 2.99. The standard InChI is InChI=1S/C13H19NO2/c1-5-12(15)14-13(2,3)10-7-6-8-11(9-10)16-4/h6-9H,5H2,1-4H3,(H,14,15). The lowest BCUT2D eigenvalue weighted by Gasteiger charge is -2.27. The van der Waals surface area contributed by atoms with Gasteiger partial charge in [-0.3, -0.25) is 4.79 Å². The summed E-state index contributed by atoms with van der Waals surface area (Å²) in [5.41, 5.74) is 0.662. The smallest absolute Gasteiger partial charge is 0.220 e. The lowest BCUT2D eigenvalue weighted by atomic mass is 9.94. The summed E-state index contributed by atoms with van der Waals surface area (Å²) in [6.45, 7) is 5.81. The lowest BCUT2D eigenvalue weighted by molar-refractivity contribution is -0.122. The van der Waals surface area contributed by atoms with Gasteiger partial charge in [-0.25, -0.2) is 0 Å². The molecule has 1 N–H and O–H groups in total. The fourth-order valence-electron chi connectivity index (χ4n) is 1.52. The molecule has 0 unspecified atom stereocenters. The Hall–Kier alpha value is -1.51. The van der Waals surface area contributed by atoms with Crippen LogP contribution in [-0.4, -0.2) is 13.0 Å². The third-order valence-corrected chi connectivity index (χ3v) is 2.56. The Morgan fingerprint density at radius 2 is 2.12 bits per heavy atom. The van der Waals surface area contributed by atoms with Gasteiger partial charge in [0.2, 0.25) is 5.91 Å². The highest BCUT2D eigenvalue weighted by molar-refractivity contribution is 5.76. The summed E-state index contributed by atoms with van der Waals surface area (Å²) < 4.78 is 5.17. The number of carbonyl (C=O) groups excluding carboxylic acids is 1. The highest BCUT2D eigenvalue weighted by atomic mass is 16.5. The predicted octanol–water partition coefficient (Wildman–Crippen LogP) is 2.46. The van der Waals surface area contributed by atoms with Crippen molar-refractivity contribution in [1.29, 1.82) is 0 Å². The van der Waals surface area contributed by atoms with E-state index >= 15 is 0 Å². The minimum absolute atomic E-state index is 0.0489. The lowest BCUT2D eigenvalue weighted by Crippen LogP contribution is -2.40. The Bertz CT molecular complexity index is 372. The van der Waals surface area contributed by atoms with Gasteiger partial charge in [-0.1, -0.05) is 19.1 Å². The number of nitrogens with one attached hydrogen (secondary N) is 1. The van der Waals surface area contributed by atoms with Crippen LogP contribution in [0.2, 0.25) is 0 Å². The quantitative estimate of drug-likeness (QED) is 0.848. The molecule has 1 aromatic rings. The molecular weight excluding hydrogens is 202 g/mol. The van der Waals surface area contributed by atoms with Crippen LogP contribution >= 0.6 is 0 Å². The van der Waals surface area contributed by atoms with Gasteiger partial charge >= 0.3 is 0 Å². The first kappa shape index (κ1) is 12.6. The highest BCUT2D eigenvalue weighted by Gasteiger charge is 2.22. The third-order valence-electron chi connectivity index (χ3n) is 2.56. The van der Waals surface area contributed by atoms with Gasteiger partial charge in [-0.05, 0) is 31.5 Å². The SMILES string of the molecule is CCC(=O)NC(C)(C)c1cccc(OC)c1. The second-order valence-corrected chi connectivity index (χ2v) is 4.26. The zero-order valence-corrected chi connectivity index (χ0v) is 10.3. The molecule has 0 aliphatic heterocycles. The Kier molecular flexibility index (Phi) is 3.93. The number of hydrogen-bond acceptors (Lipinski definition) is 2. The molecule has 0 aromatic heterocycles. The van der Waals surface area contributed by atoms with Gasteiger partial charge in [0.25, 0.3) is 0 Å². The second-order valence-electron chi connectivity index (χ2n) is 4.26. The minimum Gasteiger partial charge on any atom is -0.497 e. The van der Waals surface area contributed by atoms with E-state index < -0.39 is 0 Å². The first-order chi connectivity index (χ1) is 7.49. The van der Waals surface area contributed by atoms with Crippen molar-refractivity contribution in [2.45, 2.75) is 32.7 Å². The first-order valence-electron chi connectivity index (χ1n) is 5.45. The normalized spacial score (nSPS) is 11.0. The molecular formula is C13H19NO2. The number of ether oxygens (including phenoxy) is 1. The fraction of sp³-hybridized carbons (Fsp3) is 0.462. The van der Waals surface area contributed by atoms with Crippen molar-refractivity contribution in [3.05, 3.63) is 29.8 Å². The molecule has 0 saturated carbocycles. The van der Waals surface area contributed by atoms with Crippen LogP contribution in [0.5, 0.6) is 5.75 Å². The van der Waals surface area contributed by atoms with E-state index in [2.05, 4.69) is 5.32 Å². The number of benzene rings is 1. The Morgan fingerprint density at radius 1 is 1.44 bits per heavy atom. The van der Waals surface area contributed by atoms with E-state index in [9.17, 15) is 4.79 Å². The number of methoxy groups -OCH3 is 1. The van der Waals surface area contributed by atoms with Crippen LogP contribution in [-0.2, 0) is 10.3 Å². The predicted molar refractivity (Wildman–Crippen MR) is 64.5 cm³/mol. The van der Waals surface area contributed by atoms with Crippen molar-refractivity contribution in [1.82, 2.24) is 5.32 Å². The van der Waals surface area contributed by atoms with Crippen LogP contribution < -0.4 is 10.1 Å². The Morgan fingerprint density at radius 3 is 2.69 bits per heavy atom. The highest BCUT2D eigenvalue weighted by Crippen LogP contribution is 2.23. The zero-order chi connectivity index (χ0) is 12.2. The van der Waals surface area contributed by atoms with Crippen LogP contribution in [0.15, 0.2) is 24.3 Å². The van der Waals surface area contributed by atoms with Gasteiger partial charge < -0.3 is 10.1 Å². The number of hydrogen-bond donors (Lipinski definition) is 1. The summed E-state index contributed by atoms with van der Waals surface area (Å²) in [6, 6.07) is 7.74. The fourth-order valence-corrected chi connectivity index (χ4v) is 1.52. The molecule has 0 bridgehead atoms. The zero-order valence-electron chi connectivity index (χ0n) is 10.3. The molecule has 0 heterocycles. The molecule has 3 nitrogen and oxygen atoms in total. The van der Waals surface area contributed by atoms with E-state index in [1.54, 1.807) is 7.11 Å². The van der Waals surface area contributed by atoms with E-state index in [0.29, 0.717) is 6.42 Å². The molecule has 1 amide bonds. The van der Waals surface area contributed by atoms with Crippen LogP contribution in [0.4, 0.5) is 0 Å². The molecule has 0 atom stereocenters. The van der Waals surface area contributed by atoms with E-state index in [0.717, 1.165) is 11.3 Å². The van der Waals surface area contributed by atoms with Crippen LogP contribution in [0.1, 0.15) is 32.8 Å². The largest absolute Gasteiger partial charge is 0.497 e. The molecule has 1 aromatic carbocycles. The van der Waals surface area contributed by atoms with Crippen molar-refractivity contribution in [2.75, 3.05) is 7.11 Å². The van der Waals surface area contributed by atoms with Crippen molar-refractivity contribution < 1.29 is 9.53 Å². The van der Waals surface area contributed by atoms with Crippen LogP contribution in [0.25, 0.3) is 0 Å². The van der Waals surface area contributed by atoms with Gasteiger partial charge in [0.15, 0.2) is 0 Å². The summed E-state index contributed by atoms with van der Waals surface area (Å²) >= 11 is 0. The molecule has 16 heavy (non-hydrogen) atoms. The van der Waals surface area contributed by atoms with Crippen molar-refractivity contribution in [2.24, 2.45) is 0 Å². The second kappa shape index (κ2) is 5.01. The van der Waals surface area contributed by atoms with E-state index in [-0.39, 0.29) is 11.4 Å². The maximum atomic E-state index is 11.4. The number of carbonyl (C=O) groups is 1. The van der Waals surface area contributed by atoms with Gasteiger partial charge in [-0.15, -0.1) is 0 Å². The minimum atomic E-state index is -0.373. The van der Waals surface area contributed by atoms with Gasteiger partial charge in [0.05, 0.1) is 12.6 Å². The summed E-state index contributed by atoms with van der Waals surface area (Å²) in [4.78, 5) is 11.4. The monoisotopic (exact) mass is 221 g/mol. The van der Waals surface area contributed by atoms with E-state index in [1.165, 1.54) is 0 Å². The molecule has 0 spiro atoms. The molecule has 88 valence electrons. The van der Waals surface area contributed by atoms with E-state index in [1.807, 2.05) is 45.0 Å². The number of amides is 1. The Labute approximate surface area is 96.8 Å². The van der Waals surface area contributed by atoms with Gasteiger partial charge in [-0.2, -0.15) is 0 Å². The molecule has 0 saturated heterocycles. The maximum Gasteiger partial charge on any atom is 0.220 e. The number of rotatable bonds is 4. The van der Waals surface area contributed by atoms with Crippen molar-refractivity contribution in [3.8, 4) is 5.75 Å². The molecule has 1 rings (SSSR count). The maximum absolute atomic E-state index is 11.4. The van der Waals surface area contributed by atoms with Crippen molar-refractivity contribution >= 4 is 5.91 Å². The summed E-state index contributed by atoms with van der Waals surface area (Å²) in [5, 5.41) is 2.98. The topological polar surface area (TPSA) is 38.3 Å². The first-order valence-corrected chi connectivity index (χ1v) is 5.45. The van der Waals surface area contributed by atoms with Crippen LogP contribution in [0, 0.1) is 0 Å². The summed E-state index contributed by atoms with van der Waals surface area (Å²) in [6.07, 6.45) is 0.493. The summed E-state index contributed by atoms with van der Waals surface area (Å²) in [7, 11) is 1.64. The summed E-state index contributed by atoms with van der Waals surface area (Å²) in [5.74, 6) is 0.851. The molecule has 0 radical (unpaired) electrons. The Balaban J connectivity index is 2.92. The van der Waals surface area contributed by atoms with Crippen molar-refractivity contribution in [3.63, 3.8) is 0 Å². The molecule has 3 heteroatoms. The average molecular weight is 221 g/mol. The van der Waals surface area contributed by atoms with Crippen LogP contribution in [0.3, 0.4) is 0 Å². The molecule has 0 aliphatic rings. The van der Waals surface area contributed by atoms with Gasteiger partial charge in [0, 0.05) is 6.42 Å². The van der Waals surface area contributed by atoms with E-state index in [4.69, 9.17) is 4.74 Å².